The fraction of sp³-hybridized carbons (Fsp3) is 0.280. The molecule has 0 spiro atoms. The first-order valence-corrected chi connectivity index (χ1v) is 21.0. The van der Waals surface area contributed by atoms with Crippen LogP contribution in [0, 0.1) is 20.8 Å². The number of hydrogen-bond acceptors (Lipinski definition) is 6. The molecule has 0 fully saturated rings. The standard InChI is InChI=1S/C50H52N8/c1-32-27-44-47(57(36-18-11-10-12-19-36)49-34(3)38(51-4)21-23-40(49)55-44)30-42(32)53-25-15-8-6-7-9-16-26-54-43-31-48-45(28-33(43)2)56-41-24-22-39(52-5)37-29-35-17-13-14-20-46(35)58(48)50(37)41/h10-14,17-24,27-28,30-31H,6-9,15-16,25-26,29H2,1-5H3,(H2,51,52,53,54)/p+2. The zero-order chi connectivity index (χ0) is 39.8. The molecule has 0 aliphatic carbocycles. The van der Waals surface area contributed by atoms with Crippen LogP contribution in [0.2, 0.25) is 0 Å². The lowest BCUT2D eigenvalue weighted by molar-refractivity contribution is -0.540. The van der Waals surface area contributed by atoms with Gasteiger partial charge in [-0.3, -0.25) is 0 Å². The zero-order valence-corrected chi connectivity index (χ0v) is 34.5. The summed E-state index contributed by atoms with van der Waals surface area (Å²) < 4.78 is 4.81. The second-order valence-electron chi connectivity index (χ2n) is 15.9. The fourth-order valence-electron chi connectivity index (χ4n) is 9.05. The Morgan fingerprint density at radius 1 is 0.517 bits per heavy atom. The van der Waals surface area contributed by atoms with E-state index in [1.54, 1.807) is 0 Å². The third kappa shape index (κ3) is 6.80. The van der Waals surface area contributed by atoms with Crippen LogP contribution >= 0.6 is 0 Å². The van der Waals surface area contributed by atoms with E-state index in [1.165, 1.54) is 81.8 Å². The number of aromatic nitrogens is 4. The van der Waals surface area contributed by atoms with E-state index in [1.807, 2.05) is 14.1 Å². The van der Waals surface area contributed by atoms with Crippen molar-refractivity contribution < 1.29 is 9.13 Å². The molecule has 1 aliphatic rings. The summed E-state index contributed by atoms with van der Waals surface area (Å²) in [5.74, 6) is 0. The minimum atomic E-state index is 0.900. The van der Waals surface area contributed by atoms with Gasteiger partial charge in [0.05, 0.1) is 5.56 Å². The lowest BCUT2D eigenvalue weighted by Gasteiger charge is -2.19. The second-order valence-corrected chi connectivity index (χ2v) is 15.9. The highest BCUT2D eigenvalue weighted by Gasteiger charge is 2.31. The van der Waals surface area contributed by atoms with Crippen molar-refractivity contribution in [2.24, 2.45) is 0 Å². The molecule has 0 bridgehead atoms. The summed E-state index contributed by atoms with van der Waals surface area (Å²) in [6.45, 7) is 8.48. The van der Waals surface area contributed by atoms with E-state index >= 15 is 0 Å². The highest BCUT2D eigenvalue weighted by atomic mass is 15.0. The van der Waals surface area contributed by atoms with Gasteiger partial charge in [0, 0.05) is 97.8 Å². The summed E-state index contributed by atoms with van der Waals surface area (Å²) in [5.41, 5.74) is 22.0. The van der Waals surface area contributed by atoms with Crippen LogP contribution in [0.3, 0.4) is 0 Å². The number of benzene rings is 6. The number of aryl methyl sites for hydroxylation is 3. The third-order valence-electron chi connectivity index (χ3n) is 12.1. The van der Waals surface area contributed by atoms with Gasteiger partial charge >= 0.3 is 0 Å². The summed E-state index contributed by atoms with van der Waals surface area (Å²) in [4.78, 5) is 10.3. The SMILES string of the molecule is CNc1ccc2nc3cc(C)c(NCCCCCCCCNc4cc5c(cc4C)nc4ccc(NC)c6c4[n+]5-c4ccccc4C6)cc3[n+](-c3ccccc3)c2c1C. The lowest BCUT2D eigenvalue weighted by atomic mass is 9.95. The highest BCUT2D eigenvalue weighted by Crippen LogP contribution is 2.34. The van der Waals surface area contributed by atoms with Crippen LogP contribution in [-0.2, 0) is 6.42 Å². The van der Waals surface area contributed by atoms with Crippen molar-refractivity contribution in [3.05, 3.63) is 131 Å². The molecule has 8 aromatic rings. The monoisotopic (exact) mass is 766 g/mol. The first-order valence-electron chi connectivity index (χ1n) is 21.0. The Balaban J connectivity index is 0.818. The molecule has 292 valence electrons. The molecule has 58 heavy (non-hydrogen) atoms. The molecular formula is C50H54N8+2. The molecule has 4 N–H and O–H groups in total. The van der Waals surface area contributed by atoms with E-state index in [0.29, 0.717) is 0 Å². The molecule has 8 nitrogen and oxygen atoms in total. The molecule has 6 aromatic carbocycles. The molecule has 0 radical (unpaired) electrons. The number of anilines is 4. The van der Waals surface area contributed by atoms with E-state index in [0.717, 1.165) is 82.3 Å². The van der Waals surface area contributed by atoms with Gasteiger partial charge in [-0.15, -0.1) is 9.13 Å². The highest BCUT2D eigenvalue weighted by molar-refractivity contribution is 5.91. The van der Waals surface area contributed by atoms with Gasteiger partial charge in [-0.2, -0.15) is 0 Å². The summed E-state index contributed by atoms with van der Waals surface area (Å²) in [7, 11) is 3.99. The Hall–Kier alpha value is -6.28. The summed E-state index contributed by atoms with van der Waals surface area (Å²) in [6.07, 6.45) is 8.15. The number of nitrogens with one attached hydrogen (secondary N) is 4. The minimum absolute atomic E-state index is 0.900. The van der Waals surface area contributed by atoms with Crippen molar-refractivity contribution in [2.45, 2.75) is 65.7 Å². The van der Waals surface area contributed by atoms with Gasteiger partial charge in [-0.25, -0.2) is 9.97 Å². The third-order valence-corrected chi connectivity index (χ3v) is 12.1. The van der Waals surface area contributed by atoms with Crippen molar-refractivity contribution in [3.8, 4) is 11.4 Å². The maximum Gasteiger partial charge on any atom is 0.243 e. The summed E-state index contributed by atoms with van der Waals surface area (Å²) in [5, 5.41) is 14.4. The minimum Gasteiger partial charge on any atom is -0.388 e. The molecule has 2 aromatic heterocycles. The predicted octanol–water partition coefficient (Wildman–Crippen LogP) is 10.4. The van der Waals surface area contributed by atoms with E-state index in [9.17, 15) is 0 Å². The van der Waals surface area contributed by atoms with Gasteiger partial charge in [-0.1, -0.05) is 62.1 Å². The average molecular weight is 767 g/mol. The van der Waals surface area contributed by atoms with E-state index in [2.05, 4.69) is 154 Å². The number of nitrogens with zero attached hydrogens (tertiary/aromatic N) is 4. The van der Waals surface area contributed by atoms with Gasteiger partial charge in [0.2, 0.25) is 33.4 Å². The van der Waals surface area contributed by atoms with Crippen molar-refractivity contribution in [2.75, 3.05) is 48.5 Å². The topological polar surface area (TPSA) is 81.7 Å². The van der Waals surface area contributed by atoms with E-state index in [-0.39, 0.29) is 0 Å². The van der Waals surface area contributed by atoms with Gasteiger partial charge < -0.3 is 21.3 Å². The smallest absolute Gasteiger partial charge is 0.243 e. The zero-order valence-electron chi connectivity index (χ0n) is 34.5. The van der Waals surface area contributed by atoms with Crippen LogP contribution in [0.1, 0.15) is 66.3 Å². The van der Waals surface area contributed by atoms with Crippen LogP contribution in [0.4, 0.5) is 22.7 Å². The first-order chi connectivity index (χ1) is 28.4. The number of hydrogen-bond donors (Lipinski definition) is 4. The Labute approximate surface area is 341 Å². The van der Waals surface area contributed by atoms with E-state index < -0.39 is 0 Å². The maximum absolute atomic E-state index is 5.16. The van der Waals surface area contributed by atoms with Crippen LogP contribution in [0.25, 0.3) is 55.5 Å². The molecule has 9 rings (SSSR count). The molecule has 8 heteroatoms. The Bertz CT molecular complexity index is 2730. The number of fused-ring (bicyclic) bond motifs is 6. The molecular weight excluding hydrogens is 713 g/mol. The van der Waals surface area contributed by atoms with Crippen LogP contribution in [0.5, 0.6) is 0 Å². The molecule has 0 saturated heterocycles. The number of unbranched alkanes of at least 4 members (excludes halogenated alkanes) is 5. The van der Waals surface area contributed by atoms with Gasteiger partial charge in [0.1, 0.15) is 22.1 Å². The summed E-state index contributed by atoms with van der Waals surface area (Å²) in [6, 6.07) is 37.1. The van der Waals surface area contributed by atoms with Gasteiger partial charge in [0.15, 0.2) is 0 Å². The molecule has 0 saturated carbocycles. The van der Waals surface area contributed by atoms with Crippen molar-refractivity contribution >= 4 is 66.9 Å². The van der Waals surface area contributed by atoms with Crippen molar-refractivity contribution in [1.82, 2.24) is 9.97 Å². The van der Waals surface area contributed by atoms with Crippen molar-refractivity contribution in [3.63, 3.8) is 0 Å². The lowest BCUT2D eigenvalue weighted by Crippen LogP contribution is -2.38. The number of para-hydroxylation sites is 2. The van der Waals surface area contributed by atoms with Crippen LogP contribution < -0.4 is 30.4 Å². The molecule has 0 unspecified atom stereocenters. The summed E-state index contributed by atoms with van der Waals surface area (Å²) >= 11 is 0. The largest absolute Gasteiger partial charge is 0.388 e. The van der Waals surface area contributed by atoms with Crippen LogP contribution in [0.15, 0.2) is 103 Å². The van der Waals surface area contributed by atoms with Gasteiger partial charge in [-0.05, 0) is 81.1 Å². The molecule has 0 amide bonds. The van der Waals surface area contributed by atoms with Gasteiger partial charge in [0.25, 0.3) is 0 Å². The quantitative estimate of drug-likeness (QED) is 0.0501. The normalized spacial score (nSPS) is 12.0. The Morgan fingerprint density at radius 2 is 1.07 bits per heavy atom. The average Bonchev–Trinajstić information content (AvgIpc) is 3.24. The molecule has 0 atom stereocenters. The Kier molecular flexibility index (Phi) is 10.2. The second kappa shape index (κ2) is 15.9. The van der Waals surface area contributed by atoms with Crippen LogP contribution in [-0.4, -0.2) is 37.2 Å². The maximum atomic E-state index is 5.16. The van der Waals surface area contributed by atoms with Crippen molar-refractivity contribution in [1.29, 1.82) is 0 Å². The fourth-order valence-corrected chi connectivity index (χ4v) is 9.05. The molecule has 1 aliphatic heterocycles. The molecule has 3 heterocycles. The van der Waals surface area contributed by atoms with E-state index in [4.69, 9.17) is 9.97 Å². The first kappa shape index (κ1) is 37.3. The predicted molar refractivity (Wildman–Crippen MR) is 242 cm³/mol. The number of rotatable bonds is 14. The Morgan fingerprint density at radius 3 is 1.71 bits per heavy atom.